The van der Waals surface area contributed by atoms with Gasteiger partial charge in [0.05, 0.1) is 6.61 Å². The fourth-order valence-corrected chi connectivity index (χ4v) is 5.80. The fraction of sp³-hybridized carbons (Fsp3) is 0.756. The van der Waals surface area contributed by atoms with Crippen molar-refractivity contribution in [3.05, 3.63) is 48.6 Å². The Balaban J connectivity index is 3.66. The van der Waals surface area contributed by atoms with Gasteiger partial charge < -0.3 is 14.6 Å². The molecule has 0 saturated heterocycles. The van der Waals surface area contributed by atoms with Gasteiger partial charge in [0.25, 0.3) is 0 Å². The number of ketones is 1. The van der Waals surface area contributed by atoms with Crippen molar-refractivity contribution in [3.63, 3.8) is 0 Å². The molecule has 0 heterocycles. The van der Waals surface area contributed by atoms with E-state index >= 15 is 0 Å². The summed E-state index contributed by atoms with van der Waals surface area (Å²) in [4.78, 5) is 35.9. The number of aliphatic hydroxyl groups excluding tert-OH is 1. The average molecular weight is 715 g/mol. The molecule has 294 valence electrons. The van der Waals surface area contributed by atoms with Crippen LogP contribution in [0, 0.1) is 5.92 Å². The number of ether oxygens (including phenoxy) is 2. The Bertz CT molecular complexity index is 931. The zero-order valence-electron chi connectivity index (χ0n) is 33.3. The normalized spacial score (nSPS) is 12.6. The molecule has 0 aromatic carbocycles. The summed E-state index contributed by atoms with van der Waals surface area (Å²) in [6.07, 6.45) is 44.5. The zero-order valence-corrected chi connectivity index (χ0v) is 33.3. The Labute approximate surface area is 314 Å². The SMILES string of the molecule is CCCCCC(=O)/C=C/C=C\C/C=C\C/C=C\CCCC(=O)OC[C@H](CO)OC(=O)CCCCCCCCCCCCCCCCCCC(C)C. The van der Waals surface area contributed by atoms with Crippen molar-refractivity contribution in [2.75, 3.05) is 13.2 Å². The molecule has 6 nitrogen and oxygen atoms in total. The standard InChI is InChI=1S/C45H78O6/c1-4-5-29-35-42(47)36-31-26-22-18-14-12-16-19-23-27-32-37-44(48)50-40-43(39-46)51-45(49)38-33-28-24-20-15-11-9-7-6-8-10-13-17-21-25-30-34-41(2)3/h12,14,19,22-23,26,31,36,41,43,46H,4-11,13,15-18,20-21,24-25,27-30,32-35,37-40H2,1-3H3/b14-12-,23-19-,26-22-,36-31+/t43-/m0/s1. The van der Waals surface area contributed by atoms with E-state index in [0.29, 0.717) is 19.3 Å². The monoisotopic (exact) mass is 715 g/mol. The van der Waals surface area contributed by atoms with Crippen LogP contribution >= 0.6 is 0 Å². The van der Waals surface area contributed by atoms with E-state index < -0.39 is 6.10 Å². The van der Waals surface area contributed by atoms with Gasteiger partial charge in [-0.1, -0.05) is 179 Å². The first-order valence-electron chi connectivity index (χ1n) is 21.0. The molecule has 1 atom stereocenters. The maximum Gasteiger partial charge on any atom is 0.306 e. The van der Waals surface area contributed by atoms with Gasteiger partial charge in [0, 0.05) is 19.3 Å². The first-order valence-corrected chi connectivity index (χ1v) is 21.0. The Hall–Kier alpha value is -2.47. The van der Waals surface area contributed by atoms with Gasteiger partial charge in [-0.2, -0.15) is 0 Å². The van der Waals surface area contributed by atoms with Crippen LogP contribution in [-0.4, -0.2) is 42.1 Å². The Morgan fingerprint density at radius 1 is 0.569 bits per heavy atom. The Morgan fingerprint density at radius 2 is 1.08 bits per heavy atom. The molecular formula is C45H78O6. The van der Waals surface area contributed by atoms with E-state index in [2.05, 4.69) is 45.1 Å². The second kappa shape index (κ2) is 38.8. The third-order valence-corrected chi connectivity index (χ3v) is 9.03. The first-order chi connectivity index (χ1) is 24.9. The van der Waals surface area contributed by atoms with Crippen LogP contribution in [0.4, 0.5) is 0 Å². The molecule has 0 aromatic heterocycles. The van der Waals surface area contributed by atoms with Crippen LogP contribution in [0.5, 0.6) is 0 Å². The van der Waals surface area contributed by atoms with Crippen LogP contribution in [0.1, 0.15) is 194 Å². The third-order valence-electron chi connectivity index (χ3n) is 9.03. The molecule has 0 unspecified atom stereocenters. The summed E-state index contributed by atoms with van der Waals surface area (Å²) in [5, 5.41) is 9.56. The lowest BCUT2D eigenvalue weighted by Crippen LogP contribution is -2.28. The highest BCUT2D eigenvalue weighted by Gasteiger charge is 2.16. The average Bonchev–Trinajstić information content (AvgIpc) is 3.11. The molecule has 1 N–H and O–H groups in total. The number of rotatable bonds is 37. The molecule has 0 spiro atoms. The van der Waals surface area contributed by atoms with Crippen molar-refractivity contribution in [2.45, 2.75) is 200 Å². The van der Waals surface area contributed by atoms with Crippen molar-refractivity contribution in [1.29, 1.82) is 0 Å². The minimum Gasteiger partial charge on any atom is -0.462 e. The maximum atomic E-state index is 12.2. The third kappa shape index (κ3) is 38.6. The molecule has 0 aliphatic heterocycles. The zero-order chi connectivity index (χ0) is 37.5. The summed E-state index contributed by atoms with van der Waals surface area (Å²) in [5.74, 6) is 0.351. The quantitative estimate of drug-likeness (QED) is 0.0226. The Kier molecular flexibility index (Phi) is 36.9. The Morgan fingerprint density at radius 3 is 1.65 bits per heavy atom. The predicted octanol–water partition coefficient (Wildman–Crippen LogP) is 12.4. The topological polar surface area (TPSA) is 89.9 Å². The highest BCUT2D eigenvalue weighted by Crippen LogP contribution is 2.15. The molecule has 0 amide bonds. The predicted molar refractivity (Wildman–Crippen MR) is 215 cm³/mol. The summed E-state index contributed by atoms with van der Waals surface area (Å²) in [5.41, 5.74) is 0. The highest BCUT2D eigenvalue weighted by atomic mass is 16.6. The van der Waals surface area contributed by atoms with Crippen LogP contribution in [-0.2, 0) is 23.9 Å². The number of carbonyl (C=O) groups excluding carboxylic acids is 3. The van der Waals surface area contributed by atoms with E-state index in [9.17, 15) is 19.5 Å². The number of hydrogen-bond donors (Lipinski definition) is 1. The van der Waals surface area contributed by atoms with Gasteiger partial charge in [-0.25, -0.2) is 0 Å². The summed E-state index contributed by atoms with van der Waals surface area (Å²) in [6.45, 7) is 6.29. The van der Waals surface area contributed by atoms with Crippen molar-refractivity contribution < 1.29 is 29.0 Å². The highest BCUT2D eigenvalue weighted by molar-refractivity contribution is 5.89. The second-order valence-corrected chi connectivity index (χ2v) is 14.6. The van der Waals surface area contributed by atoms with Crippen LogP contribution in [0.25, 0.3) is 0 Å². The molecular weight excluding hydrogens is 636 g/mol. The fourth-order valence-electron chi connectivity index (χ4n) is 5.80. The van der Waals surface area contributed by atoms with E-state index in [1.54, 1.807) is 6.08 Å². The van der Waals surface area contributed by atoms with Gasteiger partial charge >= 0.3 is 11.9 Å². The van der Waals surface area contributed by atoms with Crippen molar-refractivity contribution in [2.24, 2.45) is 5.92 Å². The van der Waals surface area contributed by atoms with Crippen molar-refractivity contribution >= 4 is 17.7 Å². The minimum absolute atomic E-state index is 0.111. The lowest BCUT2D eigenvalue weighted by atomic mass is 10.0. The molecule has 0 radical (unpaired) electrons. The second-order valence-electron chi connectivity index (χ2n) is 14.6. The largest absolute Gasteiger partial charge is 0.462 e. The molecule has 0 rings (SSSR count). The van der Waals surface area contributed by atoms with Gasteiger partial charge in [-0.3, -0.25) is 14.4 Å². The van der Waals surface area contributed by atoms with E-state index in [4.69, 9.17) is 9.47 Å². The van der Waals surface area contributed by atoms with Gasteiger partial charge in [0.1, 0.15) is 6.61 Å². The molecule has 6 heteroatoms. The van der Waals surface area contributed by atoms with Gasteiger partial charge in [0.2, 0.25) is 0 Å². The molecule has 0 aromatic rings. The van der Waals surface area contributed by atoms with Crippen LogP contribution < -0.4 is 0 Å². The van der Waals surface area contributed by atoms with Crippen molar-refractivity contribution in [1.82, 2.24) is 0 Å². The van der Waals surface area contributed by atoms with Gasteiger partial charge in [-0.05, 0) is 50.5 Å². The molecule has 0 saturated carbocycles. The lowest BCUT2D eigenvalue weighted by Gasteiger charge is -2.15. The van der Waals surface area contributed by atoms with Crippen molar-refractivity contribution in [3.8, 4) is 0 Å². The van der Waals surface area contributed by atoms with E-state index in [-0.39, 0.29) is 37.4 Å². The molecule has 51 heavy (non-hydrogen) atoms. The minimum atomic E-state index is -0.809. The number of hydrogen-bond acceptors (Lipinski definition) is 6. The molecule has 0 aliphatic carbocycles. The smallest absolute Gasteiger partial charge is 0.306 e. The number of aliphatic hydroxyl groups is 1. The van der Waals surface area contributed by atoms with Crippen LogP contribution in [0.15, 0.2) is 48.6 Å². The number of allylic oxidation sites excluding steroid dienone is 8. The van der Waals surface area contributed by atoms with Gasteiger partial charge in [-0.15, -0.1) is 0 Å². The van der Waals surface area contributed by atoms with E-state index in [0.717, 1.165) is 63.7 Å². The molecule has 0 aliphatic rings. The van der Waals surface area contributed by atoms with Gasteiger partial charge in [0.15, 0.2) is 11.9 Å². The molecule has 0 bridgehead atoms. The maximum absolute atomic E-state index is 12.2. The summed E-state index contributed by atoms with van der Waals surface area (Å²) < 4.78 is 10.6. The van der Waals surface area contributed by atoms with Crippen LogP contribution in [0.3, 0.4) is 0 Å². The number of unbranched alkanes of at least 4 members (excludes halogenated alkanes) is 18. The lowest BCUT2D eigenvalue weighted by molar-refractivity contribution is -0.161. The summed E-state index contributed by atoms with van der Waals surface area (Å²) in [7, 11) is 0. The van der Waals surface area contributed by atoms with E-state index in [1.165, 1.54) is 89.9 Å². The first kappa shape index (κ1) is 48.5. The summed E-state index contributed by atoms with van der Waals surface area (Å²) >= 11 is 0. The van der Waals surface area contributed by atoms with E-state index in [1.807, 2.05) is 18.2 Å². The number of esters is 2. The molecule has 0 fully saturated rings. The summed E-state index contributed by atoms with van der Waals surface area (Å²) in [6, 6.07) is 0. The van der Waals surface area contributed by atoms with Crippen LogP contribution in [0.2, 0.25) is 0 Å². The number of carbonyl (C=O) groups is 3.